The molecule has 1 aliphatic heterocycles. The van der Waals surface area contributed by atoms with Crippen LogP contribution in [0.1, 0.15) is 31.9 Å². The molecule has 1 saturated heterocycles. The molecule has 7 heteroatoms. The minimum atomic E-state index is 0. The van der Waals surface area contributed by atoms with Gasteiger partial charge in [-0.15, -0.1) is 24.0 Å². The summed E-state index contributed by atoms with van der Waals surface area (Å²) in [4.78, 5) is 14.0. The smallest absolute Gasteiger partial charge is 0.194 e. The molecule has 0 radical (unpaired) electrons. The van der Waals surface area contributed by atoms with Crippen LogP contribution >= 0.6 is 24.0 Å². The van der Waals surface area contributed by atoms with Gasteiger partial charge in [-0.25, -0.2) is 4.98 Å². The molecule has 1 aliphatic rings. The molecular formula is C23H37IN6. The van der Waals surface area contributed by atoms with Gasteiger partial charge in [0.25, 0.3) is 0 Å². The summed E-state index contributed by atoms with van der Waals surface area (Å²) in [5.41, 5.74) is 1.36. The van der Waals surface area contributed by atoms with Gasteiger partial charge in [-0.3, -0.25) is 4.99 Å². The molecule has 3 atom stereocenters. The second-order valence-electron chi connectivity index (χ2n) is 8.29. The fourth-order valence-corrected chi connectivity index (χ4v) is 4.01. The molecule has 0 aliphatic carbocycles. The maximum atomic E-state index is 5.06. The maximum absolute atomic E-state index is 5.06. The summed E-state index contributed by atoms with van der Waals surface area (Å²) in [6.45, 7) is 8.16. The van der Waals surface area contributed by atoms with E-state index in [9.17, 15) is 0 Å². The number of aliphatic imine (C=N–C) groups is 1. The Morgan fingerprint density at radius 2 is 2.07 bits per heavy atom. The topological polar surface area (TPSA) is 48.7 Å². The van der Waals surface area contributed by atoms with Crippen LogP contribution in [0.15, 0.2) is 54.0 Å². The van der Waals surface area contributed by atoms with Crippen molar-refractivity contribution in [2.24, 2.45) is 10.9 Å². The average molecular weight is 524 g/mol. The van der Waals surface area contributed by atoms with E-state index in [0.29, 0.717) is 18.0 Å². The van der Waals surface area contributed by atoms with Crippen LogP contribution in [0, 0.1) is 5.92 Å². The SMILES string of the molecule is CCNC(=NCC(Cc1ccccc1)N(C)C)N1CCC(C)C(n2ccnc2)C1.I. The highest BCUT2D eigenvalue weighted by atomic mass is 127. The predicted octanol–water partition coefficient (Wildman–Crippen LogP) is 3.52. The highest BCUT2D eigenvalue weighted by Gasteiger charge is 2.29. The van der Waals surface area contributed by atoms with Crippen LogP contribution < -0.4 is 5.32 Å². The largest absolute Gasteiger partial charge is 0.357 e. The third-order valence-corrected chi connectivity index (χ3v) is 5.96. The van der Waals surface area contributed by atoms with Crippen LogP contribution in [0.4, 0.5) is 0 Å². The second kappa shape index (κ2) is 12.3. The summed E-state index contributed by atoms with van der Waals surface area (Å²) in [6.07, 6.45) is 8.06. The Kier molecular flexibility index (Phi) is 10.1. The zero-order valence-corrected chi connectivity index (χ0v) is 21.1. The lowest BCUT2D eigenvalue weighted by molar-refractivity contribution is 0.188. The molecule has 0 saturated carbocycles. The summed E-state index contributed by atoms with van der Waals surface area (Å²) in [7, 11) is 4.29. The Hall–Kier alpha value is -1.61. The quantitative estimate of drug-likeness (QED) is 0.342. The Bertz CT molecular complexity index is 746. The van der Waals surface area contributed by atoms with Gasteiger partial charge in [-0.05, 0) is 45.3 Å². The molecule has 0 bridgehead atoms. The number of rotatable bonds is 7. The number of halogens is 1. The summed E-state index contributed by atoms with van der Waals surface area (Å²) >= 11 is 0. The third kappa shape index (κ3) is 6.70. The van der Waals surface area contributed by atoms with E-state index in [1.807, 2.05) is 12.5 Å². The van der Waals surface area contributed by atoms with Crippen molar-refractivity contribution in [1.82, 2.24) is 24.7 Å². The number of guanidine groups is 1. The first-order valence-electron chi connectivity index (χ1n) is 10.8. The van der Waals surface area contributed by atoms with Gasteiger partial charge in [0.05, 0.1) is 18.9 Å². The molecule has 3 unspecified atom stereocenters. The zero-order valence-electron chi connectivity index (χ0n) is 18.7. The van der Waals surface area contributed by atoms with Crippen LogP contribution in [-0.4, -0.2) is 71.6 Å². The molecule has 0 spiro atoms. The Morgan fingerprint density at radius 3 is 2.70 bits per heavy atom. The lowest BCUT2D eigenvalue weighted by atomic mass is 9.93. The van der Waals surface area contributed by atoms with Gasteiger partial charge in [-0.2, -0.15) is 0 Å². The number of nitrogens with one attached hydrogen (secondary N) is 1. The van der Waals surface area contributed by atoms with Crippen molar-refractivity contribution < 1.29 is 0 Å². The van der Waals surface area contributed by atoms with Crippen LogP contribution in [0.3, 0.4) is 0 Å². The number of hydrogen-bond acceptors (Lipinski definition) is 3. The maximum Gasteiger partial charge on any atom is 0.194 e. The molecule has 6 nitrogen and oxygen atoms in total. The minimum absolute atomic E-state index is 0. The van der Waals surface area contributed by atoms with Gasteiger partial charge in [0.2, 0.25) is 0 Å². The normalized spacial score (nSPS) is 20.7. The molecule has 1 aromatic carbocycles. The van der Waals surface area contributed by atoms with Gasteiger partial charge < -0.3 is 19.7 Å². The van der Waals surface area contributed by atoms with E-state index < -0.39 is 0 Å². The van der Waals surface area contributed by atoms with Crippen molar-refractivity contribution in [3.8, 4) is 0 Å². The number of piperidine rings is 1. The van der Waals surface area contributed by atoms with Crippen molar-refractivity contribution in [2.75, 3.05) is 40.3 Å². The van der Waals surface area contributed by atoms with Gasteiger partial charge in [0.15, 0.2) is 5.96 Å². The average Bonchev–Trinajstić information content (AvgIpc) is 3.26. The predicted molar refractivity (Wildman–Crippen MR) is 136 cm³/mol. The van der Waals surface area contributed by atoms with Gasteiger partial charge in [0.1, 0.15) is 0 Å². The van der Waals surface area contributed by atoms with Crippen molar-refractivity contribution in [1.29, 1.82) is 0 Å². The van der Waals surface area contributed by atoms with Gasteiger partial charge in [0, 0.05) is 38.1 Å². The molecule has 1 N–H and O–H groups in total. The fourth-order valence-electron chi connectivity index (χ4n) is 4.01. The van der Waals surface area contributed by atoms with Crippen LogP contribution in [-0.2, 0) is 6.42 Å². The number of aromatic nitrogens is 2. The first-order chi connectivity index (χ1) is 14.1. The number of imidazole rings is 1. The highest BCUT2D eigenvalue weighted by molar-refractivity contribution is 14.0. The lowest BCUT2D eigenvalue weighted by Gasteiger charge is -2.39. The van der Waals surface area contributed by atoms with E-state index in [1.54, 1.807) is 0 Å². The standard InChI is InChI=1S/C23H36N6.HI/c1-5-25-23(26-16-21(27(3)4)15-20-9-7-6-8-10-20)28-13-11-19(2)22(17-28)29-14-12-24-18-29;/h6-10,12,14,18-19,21-22H,5,11,13,15-17H2,1-4H3,(H,25,26);1H. The Balaban J connectivity index is 0.00000320. The summed E-state index contributed by atoms with van der Waals surface area (Å²) in [5.74, 6) is 1.67. The zero-order chi connectivity index (χ0) is 20.6. The first-order valence-corrected chi connectivity index (χ1v) is 10.8. The molecule has 3 rings (SSSR count). The first kappa shape index (κ1) is 24.7. The lowest BCUT2D eigenvalue weighted by Crippen LogP contribution is -2.49. The molecule has 166 valence electrons. The molecular weight excluding hydrogens is 487 g/mol. The number of likely N-dealkylation sites (N-methyl/N-ethyl adjacent to an activating group) is 1. The summed E-state index contributed by atoms with van der Waals surface area (Å²) in [6, 6.07) is 11.5. The number of likely N-dealkylation sites (tertiary alicyclic amines) is 1. The highest BCUT2D eigenvalue weighted by Crippen LogP contribution is 2.27. The molecule has 2 heterocycles. The fraction of sp³-hybridized carbons (Fsp3) is 0.565. The van der Waals surface area contributed by atoms with Crippen molar-refractivity contribution >= 4 is 29.9 Å². The summed E-state index contributed by atoms with van der Waals surface area (Å²) in [5, 5.41) is 3.52. The number of hydrogen-bond donors (Lipinski definition) is 1. The van der Waals surface area contributed by atoms with E-state index in [4.69, 9.17) is 4.99 Å². The van der Waals surface area contributed by atoms with Crippen molar-refractivity contribution in [3.05, 3.63) is 54.6 Å². The number of nitrogens with zero attached hydrogens (tertiary/aromatic N) is 5. The van der Waals surface area contributed by atoms with Crippen molar-refractivity contribution in [2.45, 2.75) is 38.8 Å². The van der Waals surface area contributed by atoms with Crippen LogP contribution in [0.5, 0.6) is 0 Å². The van der Waals surface area contributed by atoms with Crippen LogP contribution in [0.25, 0.3) is 0 Å². The molecule has 2 aromatic rings. The Morgan fingerprint density at radius 1 is 1.30 bits per heavy atom. The van der Waals surface area contributed by atoms with Gasteiger partial charge >= 0.3 is 0 Å². The van der Waals surface area contributed by atoms with Gasteiger partial charge in [-0.1, -0.05) is 37.3 Å². The molecule has 1 aromatic heterocycles. The van der Waals surface area contributed by atoms with E-state index in [0.717, 1.165) is 45.0 Å². The number of benzene rings is 1. The molecule has 1 fully saturated rings. The molecule has 30 heavy (non-hydrogen) atoms. The van der Waals surface area contributed by atoms with Crippen LogP contribution in [0.2, 0.25) is 0 Å². The minimum Gasteiger partial charge on any atom is -0.357 e. The second-order valence-corrected chi connectivity index (χ2v) is 8.29. The summed E-state index contributed by atoms with van der Waals surface area (Å²) < 4.78 is 2.25. The Labute approximate surface area is 198 Å². The van der Waals surface area contributed by atoms with E-state index in [1.165, 1.54) is 5.56 Å². The van der Waals surface area contributed by atoms with E-state index in [2.05, 4.69) is 89.1 Å². The van der Waals surface area contributed by atoms with E-state index >= 15 is 0 Å². The monoisotopic (exact) mass is 524 g/mol. The molecule has 0 amide bonds. The third-order valence-electron chi connectivity index (χ3n) is 5.96. The van der Waals surface area contributed by atoms with Crippen molar-refractivity contribution in [3.63, 3.8) is 0 Å². The van der Waals surface area contributed by atoms with E-state index in [-0.39, 0.29) is 24.0 Å².